The molecule has 3 nitrogen and oxygen atoms in total. The Morgan fingerprint density at radius 3 is 3.00 bits per heavy atom. The van der Waals surface area contributed by atoms with Crippen molar-refractivity contribution in [2.75, 3.05) is 6.54 Å². The van der Waals surface area contributed by atoms with Crippen molar-refractivity contribution in [2.45, 2.75) is 13.5 Å². The first-order chi connectivity index (χ1) is 8.19. The summed E-state index contributed by atoms with van der Waals surface area (Å²) >= 11 is 0. The third-order valence-corrected chi connectivity index (χ3v) is 3.10. The zero-order valence-electron chi connectivity index (χ0n) is 9.40. The number of pyridine rings is 1. The topological polar surface area (TPSA) is 33.2 Å². The summed E-state index contributed by atoms with van der Waals surface area (Å²) in [6, 6.07) is 6.23. The summed E-state index contributed by atoms with van der Waals surface area (Å²) in [5, 5.41) is 0.802. The van der Waals surface area contributed by atoms with Crippen molar-refractivity contribution < 1.29 is 9.18 Å². The van der Waals surface area contributed by atoms with E-state index in [1.165, 1.54) is 12.1 Å². The van der Waals surface area contributed by atoms with Gasteiger partial charge in [-0.05, 0) is 25.1 Å². The van der Waals surface area contributed by atoms with E-state index in [1.807, 2.05) is 6.92 Å². The minimum absolute atomic E-state index is 0.0150. The van der Waals surface area contributed by atoms with Crippen LogP contribution < -0.4 is 0 Å². The Bertz CT molecular complexity index is 624. The molecule has 0 spiro atoms. The first-order valence-electron chi connectivity index (χ1n) is 5.57. The normalized spacial score (nSPS) is 14.5. The minimum Gasteiger partial charge on any atom is -0.333 e. The Labute approximate surface area is 97.9 Å². The van der Waals surface area contributed by atoms with Crippen LogP contribution in [0.3, 0.4) is 0 Å². The average Bonchev–Trinajstić information content (AvgIpc) is 2.63. The van der Waals surface area contributed by atoms with E-state index in [2.05, 4.69) is 4.98 Å². The second-order valence-electron chi connectivity index (χ2n) is 4.14. The van der Waals surface area contributed by atoms with Crippen LogP contribution in [-0.4, -0.2) is 22.3 Å². The van der Waals surface area contributed by atoms with Gasteiger partial charge in [-0.25, -0.2) is 9.37 Å². The van der Waals surface area contributed by atoms with E-state index in [1.54, 1.807) is 17.0 Å². The number of carbonyl (C=O) groups excluding carboxylic acids is 1. The van der Waals surface area contributed by atoms with Gasteiger partial charge >= 0.3 is 0 Å². The lowest BCUT2D eigenvalue weighted by Crippen LogP contribution is -2.22. The highest BCUT2D eigenvalue weighted by Gasteiger charge is 2.27. The maximum Gasteiger partial charge on any atom is 0.256 e. The molecule has 2 aromatic rings. The van der Waals surface area contributed by atoms with Gasteiger partial charge in [0.05, 0.1) is 23.3 Å². The van der Waals surface area contributed by atoms with Crippen molar-refractivity contribution in [1.82, 2.24) is 9.88 Å². The van der Waals surface area contributed by atoms with Crippen molar-refractivity contribution in [3.05, 3.63) is 41.3 Å². The van der Waals surface area contributed by atoms with E-state index in [4.69, 9.17) is 0 Å². The zero-order chi connectivity index (χ0) is 12.0. The van der Waals surface area contributed by atoms with Crippen LogP contribution in [-0.2, 0) is 6.54 Å². The number of rotatable bonds is 1. The van der Waals surface area contributed by atoms with Gasteiger partial charge in [0, 0.05) is 18.0 Å². The smallest absolute Gasteiger partial charge is 0.256 e. The maximum atomic E-state index is 13.1. The molecule has 0 unspecified atom stereocenters. The predicted octanol–water partition coefficient (Wildman–Crippen LogP) is 2.35. The number of aromatic nitrogens is 1. The van der Waals surface area contributed by atoms with E-state index in [9.17, 15) is 9.18 Å². The van der Waals surface area contributed by atoms with Gasteiger partial charge in [-0.1, -0.05) is 0 Å². The van der Waals surface area contributed by atoms with Crippen LogP contribution in [0.25, 0.3) is 10.9 Å². The Kier molecular flexibility index (Phi) is 2.11. The molecule has 1 aromatic carbocycles. The van der Waals surface area contributed by atoms with Gasteiger partial charge in [0.15, 0.2) is 0 Å². The Balaban J connectivity index is 2.21. The Morgan fingerprint density at radius 1 is 1.41 bits per heavy atom. The SMILES string of the molecule is CCN1Cc2nc3cc(F)ccc3cc2C1=O. The predicted molar refractivity (Wildman–Crippen MR) is 62.1 cm³/mol. The largest absolute Gasteiger partial charge is 0.333 e. The van der Waals surface area contributed by atoms with Gasteiger partial charge in [-0.2, -0.15) is 0 Å². The second kappa shape index (κ2) is 3.52. The molecule has 17 heavy (non-hydrogen) atoms. The monoisotopic (exact) mass is 230 g/mol. The fraction of sp³-hybridized carbons (Fsp3) is 0.231. The molecule has 0 saturated heterocycles. The summed E-state index contributed by atoms with van der Waals surface area (Å²) in [7, 11) is 0. The molecule has 0 N–H and O–H groups in total. The van der Waals surface area contributed by atoms with Gasteiger partial charge in [-0.3, -0.25) is 4.79 Å². The van der Waals surface area contributed by atoms with E-state index in [-0.39, 0.29) is 11.7 Å². The number of hydrogen-bond acceptors (Lipinski definition) is 2. The average molecular weight is 230 g/mol. The number of halogens is 1. The summed E-state index contributed by atoms with van der Waals surface area (Å²) in [4.78, 5) is 18.0. The number of benzene rings is 1. The summed E-state index contributed by atoms with van der Waals surface area (Å²) < 4.78 is 13.1. The first kappa shape index (κ1) is 10.2. The molecule has 86 valence electrons. The lowest BCUT2D eigenvalue weighted by atomic mass is 10.1. The Hall–Kier alpha value is -1.97. The number of fused-ring (bicyclic) bond motifs is 2. The minimum atomic E-state index is -0.304. The first-order valence-corrected chi connectivity index (χ1v) is 5.57. The van der Waals surface area contributed by atoms with Crippen molar-refractivity contribution in [3.8, 4) is 0 Å². The molecule has 0 bridgehead atoms. The highest BCUT2D eigenvalue weighted by atomic mass is 19.1. The summed E-state index contributed by atoms with van der Waals surface area (Å²) in [6.07, 6.45) is 0. The number of carbonyl (C=O) groups is 1. The van der Waals surface area contributed by atoms with E-state index >= 15 is 0 Å². The molecule has 0 saturated carbocycles. The summed E-state index contributed by atoms with van der Waals surface area (Å²) in [5.74, 6) is -0.289. The van der Waals surface area contributed by atoms with Crippen LogP contribution in [0.4, 0.5) is 4.39 Å². The number of amides is 1. The lowest BCUT2D eigenvalue weighted by Gasteiger charge is -2.10. The van der Waals surface area contributed by atoms with Crippen molar-refractivity contribution in [3.63, 3.8) is 0 Å². The Morgan fingerprint density at radius 2 is 2.24 bits per heavy atom. The highest BCUT2D eigenvalue weighted by Crippen LogP contribution is 2.25. The standard InChI is InChI=1S/C13H11FN2O/c1-2-16-7-12-10(13(16)17)5-8-3-4-9(14)6-11(8)15-12/h3-6H,2,7H2,1H3. The molecule has 0 fully saturated rings. The molecular weight excluding hydrogens is 219 g/mol. The summed E-state index contributed by atoms with van der Waals surface area (Å²) in [6.45, 7) is 3.13. The molecule has 4 heteroatoms. The number of hydrogen-bond donors (Lipinski definition) is 0. The van der Waals surface area contributed by atoms with Crippen LogP contribution in [0.15, 0.2) is 24.3 Å². The van der Waals surface area contributed by atoms with Gasteiger partial charge in [0.25, 0.3) is 5.91 Å². The molecule has 1 aliphatic rings. The van der Waals surface area contributed by atoms with Gasteiger partial charge in [0.1, 0.15) is 5.82 Å². The quantitative estimate of drug-likeness (QED) is 0.753. The molecule has 0 radical (unpaired) electrons. The molecule has 2 heterocycles. The van der Waals surface area contributed by atoms with Crippen LogP contribution >= 0.6 is 0 Å². The molecule has 0 atom stereocenters. The lowest BCUT2D eigenvalue weighted by molar-refractivity contribution is 0.0787. The van der Waals surface area contributed by atoms with Gasteiger partial charge in [-0.15, -0.1) is 0 Å². The van der Waals surface area contributed by atoms with Crippen molar-refractivity contribution in [1.29, 1.82) is 0 Å². The maximum absolute atomic E-state index is 13.1. The van der Waals surface area contributed by atoms with E-state index in [0.29, 0.717) is 24.2 Å². The van der Waals surface area contributed by atoms with E-state index in [0.717, 1.165) is 11.1 Å². The van der Waals surface area contributed by atoms with Gasteiger partial charge < -0.3 is 4.90 Å². The third-order valence-electron chi connectivity index (χ3n) is 3.10. The molecule has 1 aliphatic heterocycles. The molecule has 0 aliphatic carbocycles. The van der Waals surface area contributed by atoms with E-state index < -0.39 is 0 Å². The van der Waals surface area contributed by atoms with Gasteiger partial charge in [0.2, 0.25) is 0 Å². The van der Waals surface area contributed by atoms with Crippen LogP contribution in [0.1, 0.15) is 23.0 Å². The summed E-state index contributed by atoms with van der Waals surface area (Å²) in [5.41, 5.74) is 2.00. The van der Waals surface area contributed by atoms with Crippen molar-refractivity contribution in [2.24, 2.45) is 0 Å². The third kappa shape index (κ3) is 1.48. The fourth-order valence-electron chi connectivity index (χ4n) is 2.16. The zero-order valence-corrected chi connectivity index (χ0v) is 9.40. The fourth-order valence-corrected chi connectivity index (χ4v) is 2.16. The molecular formula is C13H11FN2O. The van der Waals surface area contributed by atoms with Crippen LogP contribution in [0.2, 0.25) is 0 Å². The van der Waals surface area contributed by atoms with Crippen LogP contribution in [0, 0.1) is 5.82 Å². The molecule has 1 aromatic heterocycles. The number of nitrogens with zero attached hydrogens (tertiary/aromatic N) is 2. The molecule has 1 amide bonds. The van der Waals surface area contributed by atoms with Crippen molar-refractivity contribution >= 4 is 16.8 Å². The van der Waals surface area contributed by atoms with Crippen LogP contribution in [0.5, 0.6) is 0 Å². The molecule has 3 rings (SSSR count). The highest BCUT2D eigenvalue weighted by molar-refractivity contribution is 6.00. The second-order valence-corrected chi connectivity index (χ2v) is 4.14.